The minimum Gasteiger partial charge on any atom is -0.365 e. The summed E-state index contributed by atoms with van der Waals surface area (Å²) in [7, 11) is 0. The van der Waals surface area contributed by atoms with E-state index in [-0.39, 0.29) is 43.3 Å². The summed E-state index contributed by atoms with van der Waals surface area (Å²) < 4.78 is 33.6. The lowest BCUT2D eigenvalue weighted by Crippen LogP contribution is -2.49. The highest BCUT2D eigenvalue weighted by Crippen LogP contribution is 2.24. The number of nitrogens with one attached hydrogen (secondary N) is 1. The Balaban J connectivity index is 1.41. The van der Waals surface area contributed by atoms with E-state index in [9.17, 15) is 13.6 Å². The van der Waals surface area contributed by atoms with Gasteiger partial charge in [-0.2, -0.15) is 0 Å². The molecule has 1 unspecified atom stereocenters. The van der Waals surface area contributed by atoms with Crippen LogP contribution in [0.15, 0.2) is 60.7 Å². The van der Waals surface area contributed by atoms with E-state index in [1.54, 1.807) is 0 Å². The zero-order valence-electron chi connectivity index (χ0n) is 16.8. The predicted molar refractivity (Wildman–Crippen MR) is 112 cm³/mol. The molecule has 3 aromatic carbocycles. The minimum absolute atomic E-state index is 0.0785. The van der Waals surface area contributed by atoms with Crippen LogP contribution in [0.2, 0.25) is 0 Å². The number of nitrogens with zero attached hydrogens (tertiary/aromatic N) is 1. The predicted octanol–water partition coefficient (Wildman–Crippen LogP) is 4.20. The number of carbonyl (C=O) groups excluding carboxylic acids is 1. The number of carbonyl (C=O) groups is 1. The SMILES string of the molecule is C[C@@H](NCC1CN(Cc2c(F)cccc2F)C(=O)CO1)c1cccc2ccccc12. The summed E-state index contributed by atoms with van der Waals surface area (Å²) >= 11 is 0. The van der Waals surface area contributed by atoms with Gasteiger partial charge in [-0.05, 0) is 35.4 Å². The number of amides is 1. The number of hydrogen-bond donors (Lipinski definition) is 1. The summed E-state index contributed by atoms with van der Waals surface area (Å²) in [6, 6.07) is 18.2. The molecule has 1 fully saturated rings. The molecule has 0 aliphatic carbocycles. The molecule has 0 aromatic heterocycles. The van der Waals surface area contributed by atoms with Crippen molar-refractivity contribution in [2.45, 2.75) is 25.6 Å². The first-order valence-corrected chi connectivity index (χ1v) is 10.1. The molecule has 3 aromatic rings. The van der Waals surface area contributed by atoms with Crippen molar-refractivity contribution in [1.29, 1.82) is 0 Å². The molecule has 0 bridgehead atoms. The number of ether oxygens (including phenoxy) is 1. The molecule has 6 heteroatoms. The van der Waals surface area contributed by atoms with E-state index in [0.717, 1.165) is 0 Å². The lowest BCUT2D eigenvalue weighted by Gasteiger charge is -2.33. The molecule has 1 aliphatic heterocycles. The number of morpholine rings is 1. The lowest BCUT2D eigenvalue weighted by atomic mass is 9.99. The Bertz CT molecular complexity index is 1030. The molecule has 156 valence electrons. The van der Waals surface area contributed by atoms with Gasteiger partial charge in [0.2, 0.25) is 5.91 Å². The van der Waals surface area contributed by atoms with E-state index >= 15 is 0 Å². The number of rotatable bonds is 6. The van der Waals surface area contributed by atoms with Crippen molar-refractivity contribution in [2.75, 3.05) is 19.7 Å². The fourth-order valence-electron chi connectivity index (χ4n) is 3.88. The highest BCUT2D eigenvalue weighted by Gasteiger charge is 2.28. The Morgan fingerprint density at radius 3 is 2.57 bits per heavy atom. The van der Waals surface area contributed by atoms with Crippen LogP contribution in [0.4, 0.5) is 8.78 Å². The fourth-order valence-corrected chi connectivity index (χ4v) is 3.88. The summed E-state index contributed by atoms with van der Waals surface area (Å²) in [5.41, 5.74) is 1.09. The first-order chi connectivity index (χ1) is 14.5. The highest BCUT2D eigenvalue weighted by molar-refractivity contribution is 5.86. The zero-order chi connectivity index (χ0) is 21.1. The Kier molecular flexibility index (Phi) is 6.06. The second-order valence-corrected chi connectivity index (χ2v) is 7.61. The molecule has 0 radical (unpaired) electrons. The van der Waals surface area contributed by atoms with E-state index < -0.39 is 11.6 Å². The van der Waals surface area contributed by atoms with Gasteiger partial charge < -0.3 is 15.0 Å². The van der Waals surface area contributed by atoms with Gasteiger partial charge in [0.1, 0.15) is 18.2 Å². The third-order valence-corrected chi connectivity index (χ3v) is 5.57. The highest BCUT2D eigenvalue weighted by atomic mass is 19.1. The molecule has 4 rings (SSSR count). The van der Waals surface area contributed by atoms with Crippen LogP contribution in [0.1, 0.15) is 24.1 Å². The third-order valence-electron chi connectivity index (χ3n) is 5.57. The molecule has 1 heterocycles. The Hall–Kier alpha value is -2.83. The van der Waals surface area contributed by atoms with E-state index in [1.807, 2.05) is 18.2 Å². The van der Waals surface area contributed by atoms with Crippen LogP contribution in [0.5, 0.6) is 0 Å². The van der Waals surface area contributed by atoms with Gasteiger partial charge in [0.25, 0.3) is 0 Å². The summed E-state index contributed by atoms with van der Waals surface area (Å²) in [5.74, 6) is -1.56. The standard InChI is InChI=1S/C24H24F2N2O2/c1-16(19-9-4-7-17-6-2-3-8-20(17)19)27-12-18-13-28(24(29)15-30-18)14-21-22(25)10-5-11-23(21)26/h2-11,16,18,27H,12-15H2,1H3/t16-,18?/m1/s1. The maximum atomic E-state index is 14.0. The van der Waals surface area contributed by atoms with Crippen LogP contribution in [0.25, 0.3) is 10.8 Å². The van der Waals surface area contributed by atoms with Gasteiger partial charge in [-0.1, -0.05) is 48.5 Å². The number of halogens is 2. The van der Waals surface area contributed by atoms with E-state index in [4.69, 9.17) is 4.74 Å². The van der Waals surface area contributed by atoms with Crippen LogP contribution < -0.4 is 5.32 Å². The van der Waals surface area contributed by atoms with Crippen LogP contribution in [0.3, 0.4) is 0 Å². The third kappa shape index (κ3) is 4.35. The Morgan fingerprint density at radius 2 is 1.77 bits per heavy atom. The van der Waals surface area contributed by atoms with E-state index in [0.29, 0.717) is 6.54 Å². The smallest absolute Gasteiger partial charge is 0.248 e. The molecular weight excluding hydrogens is 386 g/mol. The average molecular weight is 410 g/mol. The van der Waals surface area contributed by atoms with Crippen molar-refractivity contribution >= 4 is 16.7 Å². The normalized spacial score (nSPS) is 18.0. The fraction of sp³-hybridized carbons (Fsp3) is 0.292. The molecule has 0 saturated carbocycles. The first-order valence-electron chi connectivity index (χ1n) is 10.1. The quantitative estimate of drug-likeness (QED) is 0.662. The molecule has 30 heavy (non-hydrogen) atoms. The maximum Gasteiger partial charge on any atom is 0.248 e. The number of fused-ring (bicyclic) bond motifs is 1. The van der Waals surface area contributed by atoms with Crippen LogP contribution >= 0.6 is 0 Å². The Morgan fingerprint density at radius 1 is 1.07 bits per heavy atom. The summed E-state index contributed by atoms with van der Waals surface area (Å²) in [6.45, 7) is 2.69. The Labute approximate surface area is 174 Å². The molecule has 4 nitrogen and oxygen atoms in total. The van der Waals surface area contributed by atoms with Crippen molar-refractivity contribution in [3.8, 4) is 0 Å². The molecule has 2 atom stereocenters. The first kappa shape index (κ1) is 20.4. The van der Waals surface area contributed by atoms with Gasteiger partial charge in [-0.3, -0.25) is 4.79 Å². The topological polar surface area (TPSA) is 41.6 Å². The van der Waals surface area contributed by atoms with Gasteiger partial charge in [0, 0.05) is 24.7 Å². The summed E-state index contributed by atoms with van der Waals surface area (Å²) in [6.07, 6.45) is -0.255. The van der Waals surface area contributed by atoms with Crippen LogP contribution in [-0.2, 0) is 16.1 Å². The van der Waals surface area contributed by atoms with Gasteiger partial charge in [0.15, 0.2) is 0 Å². The van der Waals surface area contributed by atoms with Gasteiger partial charge in [0.05, 0.1) is 12.6 Å². The van der Waals surface area contributed by atoms with Gasteiger partial charge in [-0.15, -0.1) is 0 Å². The number of hydrogen-bond acceptors (Lipinski definition) is 3. The van der Waals surface area contributed by atoms with Crippen molar-refractivity contribution < 1.29 is 18.3 Å². The van der Waals surface area contributed by atoms with Crippen molar-refractivity contribution in [2.24, 2.45) is 0 Å². The summed E-state index contributed by atoms with van der Waals surface area (Å²) in [4.78, 5) is 13.7. The van der Waals surface area contributed by atoms with Gasteiger partial charge in [-0.25, -0.2) is 8.78 Å². The van der Waals surface area contributed by atoms with Crippen LogP contribution in [-0.4, -0.2) is 36.6 Å². The molecule has 1 aliphatic rings. The van der Waals surface area contributed by atoms with Crippen molar-refractivity contribution in [3.63, 3.8) is 0 Å². The molecule has 1 amide bonds. The second kappa shape index (κ2) is 8.90. The molecule has 1 saturated heterocycles. The lowest BCUT2D eigenvalue weighted by molar-refractivity contribution is -0.149. The van der Waals surface area contributed by atoms with Crippen LogP contribution in [0, 0.1) is 11.6 Å². The van der Waals surface area contributed by atoms with Crippen molar-refractivity contribution in [1.82, 2.24) is 10.2 Å². The minimum atomic E-state index is -0.645. The summed E-state index contributed by atoms with van der Waals surface area (Å²) in [5, 5.41) is 5.84. The average Bonchev–Trinajstić information content (AvgIpc) is 2.76. The maximum absolute atomic E-state index is 14.0. The van der Waals surface area contributed by atoms with E-state index in [2.05, 4.69) is 36.5 Å². The molecule has 0 spiro atoms. The van der Waals surface area contributed by atoms with Crippen molar-refractivity contribution in [3.05, 3.63) is 83.4 Å². The monoisotopic (exact) mass is 410 g/mol. The second-order valence-electron chi connectivity index (χ2n) is 7.61. The zero-order valence-corrected chi connectivity index (χ0v) is 16.8. The van der Waals surface area contributed by atoms with Gasteiger partial charge >= 0.3 is 0 Å². The molecule has 1 N–H and O–H groups in total. The largest absolute Gasteiger partial charge is 0.365 e. The van der Waals surface area contributed by atoms with E-state index in [1.165, 1.54) is 39.4 Å². The molecular formula is C24H24F2N2O2. The number of benzene rings is 3.